The molecule has 0 aromatic heterocycles. The summed E-state index contributed by atoms with van der Waals surface area (Å²) in [6.45, 7) is 3.61. The minimum Gasteiger partial charge on any atom is -0.207 e. The van der Waals surface area contributed by atoms with Crippen molar-refractivity contribution in [3.63, 3.8) is 0 Å². The average molecular weight is 427 g/mol. The van der Waals surface area contributed by atoms with Crippen LogP contribution in [-0.4, -0.2) is 0 Å². The molecule has 0 spiro atoms. The summed E-state index contributed by atoms with van der Waals surface area (Å²) < 4.78 is 43.4. The first kappa shape index (κ1) is 22.2. The summed E-state index contributed by atoms with van der Waals surface area (Å²) in [7, 11) is 0. The summed E-state index contributed by atoms with van der Waals surface area (Å²) in [5, 5.41) is 0. The fourth-order valence-electron chi connectivity index (χ4n) is 5.92. The van der Waals surface area contributed by atoms with Crippen molar-refractivity contribution in [2.24, 2.45) is 17.8 Å². The molecule has 0 nitrogen and oxygen atoms in total. The second kappa shape index (κ2) is 9.63. The second-order valence-electron chi connectivity index (χ2n) is 9.65. The Kier molecular flexibility index (Phi) is 6.89. The first-order chi connectivity index (χ1) is 15.0. The van der Waals surface area contributed by atoms with Crippen LogP contribution in [0.4, 0.5) is 13.2 Å². The topological polar surface area (TPSA) is 0 Å². The average Bonchev–Trinajstić information content (AvgIpc) is 2.77. The molecule has 2 aliphatic carbocycles. The van der Waals surface area contributed by atoms with Crippen LogP contribution in [0.1, 0.15) is 75.3 Å². The van der Waals surface area contributed by atoms with Gasteiger partial charge in [-0.3, -0.25) is 0 Å². The normalized spacial score (nSPS) is 26.2. The SMILES string of the molecule is C/C=C/CCC1CCC2CC(c3ccc(-c4ccc(C)c(F)c4F)cc3F)CCC2C1. The third kappa shape index (κ3) is 4.76. The van der Waals surface area contributed by atoms with Gasteiger partial charge in [-0.2, -0.15) is 0 Å². The molecule has 0 bridgehead atoms. The minimum atomic E-state index is -0.904. The lowest BCUT2D eigenvalue weighted by molar-refractivity contribution is 0.114. The Hall–Kier alpha value is -2.03. The Morgan fingerprint density at radius 1 is 0.903 bits per heavy atom. The maximum absolute atomic E-state index is 15.1. The van der Waals surface area contributed by atoms with Crippen molar-refractivity contribution in [2.45, 2.75) is 71.1 Å². The molecule has 3 heteroatoms. The number of halogens is 3. The molecule has 2 aliphatic rings. The predicted molar refractivity (Wildman–Crippen MR) is 121 cm³/mol. The van der Waals surface area contributed by atoms with Crippen molar-refractivity contribution in [3.8, 4) is 11.1 Å². The van der Waals surface area contributed by atoms with E-state index in [1.165, 1.54) is 63.6 Å². The number of allylic oxidation sites excluding steroid dienone is 2. The monoisotopic (exact) mass is 426 g/mol. The molecular formula is C28H33F3. The van der Waals surface area contributed by atoms with Gasteiger partial charge in [0.1, 0.15) is 5.82 Å². The summed E-state index contributed by atoms with van der Waals surface area (Å²) >= 11 is 0. The van der Waals surface area contributed by atoms with Crippen molar-refractivity contribution in [1.29, 1.82) is 0 Å². The van der Waals surface area contributed by atoms with Gasteiger partial charge in [0.2, 0.25) is 0 Å². The fraction of sp³-hybridized carbons (Fsp3) is 0.500. The van der Waals surface area contributed by atoms with Gasteiger partial charge in [-0.1, -0.05) is 42.8 Å². The van der Waals surface area contributed by atoms with Gasteiger partial charge in [0.25, 0.3) is 0 Å². The van der Waals surface area contributed by atoms with E-state index < -0.39 is 11.6 Å². The van der Waals surface area contributed by atoms with Crippen LogP contribution in [0.5, 0.6) is 0 Å². The van der Waals surface area contributed by atoms with Crippen LogP contribution in [0.25, 0.3) is 11.1 Å². The van der Waals surface area contributed by atoms with Crippen LogP contribution in [0, 0.1) is 42.1 Å². The van der Waals surface area contributed by atoms with E-state index in [0.717, 1.165) is 30.2 Å². The maximum Gasteiger partial charge on any atom is 0.166 e. The number of hydrogen-bond donors (Lipinski definition) is 0. The van der Waals surface area contributed by atoms with Gasteiger partial charge < -0.3 is 0 Å². The molecule has 4 unspecified atom stereocenters. The molecule has 4 rings (SSSR count). The fourth-order valence-corrected chi connectivity index (χ4v) is 5.92. The van der Waals surface area contributed by atoms with E-state index in [4.69, 9.17) is 0 Å². The van der Waals surface area contributed by atoms with Crippen LogP contribution in [-0.2, 0) is 0 Å². The van der Waals surface area contributed by atoms with Crippen molar-refractivity contribution in [2.75, 3.05) is 0 Å². The van der Waals surface area contributed by atoms with E-state index in [9.17, 15) is 8.78 Å². The summed E-state index contributed by atoms with van der Waals surface area (Å²) in [5.41, 5.74) is 1.51. The lowest BCUT2D eigenvalue weighted by Crippen LogP contribution is -2.30. The Labute approximate surface area is 184 Å². The highest BCUT2D eigenvalue weighted by molar-refractivity contribution is 5.65. The maximum atomic E-state index is 15.1. The van der Waals surface area contributed by atoms with Gasteiger partial charge in [-0.25, -0.2) is 13.2 Å². The van der Waals surface area contributed by atoms with Crippen LogP contribution in [0.15, 0.2) is 42.5 Å². The Morgan fingerprint density at radius 3 is 2.45 bits per heavy atom. The summed E-state index contributed by atoms with van der Waals surface area (Å²) in [6.07, 6.45) is 14.0. The predicted octanol–water partition coefficient (Wildman–Crippen LogP) is 8.74. The van der Waals surface area contributed by atoms with E-state index in [0.29, 0.717) is 11.5 Å². The van der Waals surface area contributed by atoms with Gasteiger partial charge in [0, 0.05) is 5.56 Å². The van der Waals surface area contributed by atoms with Gasteiger partial charge in [-0.15, -0.1) is 0 Å². The zero-order chi connectivity index (χ0) is 22.0. The summed E-state index contributed by atoms with van der Waals surface area (Å²) in [5.74, 6) is 0.498. The van der Waals surface area contributed by atoms with E-state index in [1.807, 2.05) is 0 Å². The van der Waals surface area contributed by atoms with Crippen molar-refractivity contribution >= 4 is 0 Å². The van der Waals surface area contributed by atoms with Gasteiger partial charge in [0.15, 0.2) is 11.6 Å². The number of aryl methyl sites for hydroxylation is 1. The molecule has 0 radical (unpaired) electrons. The van der Waals surface area contributed by atoms with E-state index >= 15 is 4.39 Å². The van der Waals surface area contributed by atoms with Crippen molar-refractivity contribution in [1.82, 2.24) is 0 Å². The van der Waals surface area contributed by atoms with Gasteiger partial charge in [-0.05, 0) is 105 Å². The first-order valence-corrected chi connectivity index (χ1v) is 11.8. The lowest BCUT2D eigenvalue weighted by Gasteiger charge is -2.42. The van der Waals surface area contributed by atoms with E-state index in [1.54, 1.807) is 12.1 Å². The molecule has 31 heavy (non-hydrogen) atoms. The highest BCUT2D eigenvalue weighted by Crippen LogP contribution is 2.49. The van der Waals surface area contributed by atoms with Crippen LogP contribution < -0.4 is 0 Å². The third-order valence-corrected chi connectivity index (χ3v) is 7.73. The highest BCUT2D eigenvalue weighted by Gasteiger charge is 2.36. The minimum absolute atomic E-state index is 0.119. The molecule has 2 aromatic carbocycles. The molecule has 0 amide bonds. The number of rotatable bonds is 5. The number of hydrogen-bond acceptors (Lipinski definition) is 0. The molecule has 4 atom stereocenters. The number of fused-ring (bicyclic) bond motifs is 1. The quantitative estimate of drug-likeness (QED) is 0.419. The number of benzene rings is 2. The van der Waals surface area contributed by atoms with Crippen LogP contribution >= 0.6 is 0 Å². The van der Waals surface area contributed by atoms with E-state index in [-0.39, 0.29) is 22.9 Å². The Balaban J connectivity index is 1.44. The standard InChI is InChI=1S/C28H33F3/c1-3-4-5-6-19-8-9-21-16-22(11-10-20(21)15-19)24-14-12-23(17-26(24)29)25-13-7-18(2)27(30)28(25)31/h3-4,7,12-14,17,19-22H,5-6,8-11,15-16H2,1-2H3/b4-3+. The highest BCUT2D eigenvalue weighted by atomic mass is 19.2. The van der Waals surface area contributed by atoms with Crippen LogP contribution in [0.2, 0.25) is 0 Å². The summed E-state index contributed by atoms with van der Waals surface area (Å²) in [6, 6.07) is 8.00. The molecule has 166 valence electrons. The molecule has 2 saturated carbocycles. The molecule has 0 heterocycles. The molecule has 2 aromatic rings. The zero-order valence-corrected chi connectivity index (χ0v) is 18.6. The first-order valence-electron chi connectivity index (χ1n) is 11.8. The molecule has 0 aliphatic heterocycles. The Bertz CT molecular complexity index is 946. The van der Waals surface area contributed by atoms with Crippen molar-refractivity contribution in [3.05, 3.63) is 71.1 Å². The summed E-state index contributed by atoms with van der Waals surface area (Å²) in [4.78, 5) is 0. The third-order valence-electron chi connectivity index (χ3n) is 7.73. The molecule has 0 N–H and O–H groups in total. The second-order valence-corrected chi connectivity index (χ2v) is 9.65. The lowest BCUT2D eigenvalue weighted by atomic mass is 9.63. The van der Waals surface area contributed by atoms with E-state index in [2.05, 4.69) is 19.1 Å². The van der Waals surface area contributed by atoms with Gasteiger partial charge >= 0.3 is 0 Å². The molecule has 2 fully saturated rings. The van der Waals surface area contributed by atoms with Crippen molar-refractivity contribution < 1.29 is 13.2 Å². The Morgan fingerprint density at radius 2 is 1.68 bits per heavy atom. The van der Waals surface area contributed by atoms with Gasteiger partial charge in [0.05, 0.1) is 0 Å². The largest absolute Gasteiger partial charge is 0.207 e. The zero-order valence-electron chi connectivity index (χ0n) is 18.6. The van der Waals surface area contributed by atoms with Crippen LogP contribution in [0.3, 0.4) is 0 Å². The molecule has 0 saturated heterocycles. The molecular weight excluding hydrogens is 393 g/mol. The smallest absolute Gasteiger partial charge is 0.166 e.